The molecule has 0 atom stereocenters. The lowest BCUT2D eigenvalue weighted by molar-refractivity contribution is -0.117. The molecule has 1 aliphatic heterocycles. The summed E-state index contributed by atoms with van der Waals surface area (Å²) in [5, 5.41) is 6.18. The van der Waals surface area contributed by atoms with Crippen LogP contribution in [0, 0.1) is 0 Å². The molecule has 0 spiro atoms. The SMILES string of the molecule is COc1cccc(CCNC(=O)/C(=C/c2ccc(SC(=S)N3CCOCC3)o2)NC(=O)c2ccccc2)c1OC. The second-order valence-electron chi connectivity index (χ2n) is 8.66. The van der Waals surface area contributed by atoms with Crippen LogP contribution in [0.2, 0.25) is 0 Å². The van der Waals surface area contributed by atoms with E-state index in [0.29, 0.717) is 58.4 Å². The minimum atomic E-state index is -0.458. The van der Waals surface area contributed by atoms with Crippen LogP contribution in [-0.2, 0) is 16.0 Å². The van der Waals surface area contributed by atoms with Crippen LogP contribution in [0.5, 0.6) is 11.5 Å². The van der Waals surface area contributed by atoms with Crippen molar-refractivity contribution in [1.82, 2.24) is 15.5 Å². The first-order valence-corrected chi connectivity index (χ1v) is 13.9. The average Bonchev–Trinajstić information content (AvgIpc) is 3.43. The molecule has 1 aliphatic rings. The van der Waals surface area contributed by atoms with Gasteiger partial charge in [-0.05, 0) is 54.1 Å². The van der Waals surface area contributed by atoms with Crippen molar-refractivity contribution in [3.8, 4) is 11.5 Å². The number of carbonyl (C=O) groups is 2. The van der Waals surface area contributed by atoms with Gasteiger partial charge in [-0.15, -0.1) is 0 Å². The molecule has 0 aliphatic carbocycles. The second kappa shape index (κ2) is 14.5. The number of hydrogen-bond donors (Lipinski definition) is 2. The number of thioether (sulfide) groups is 1. The van der Waals surface area contributed by atoms with Gasteiger partial charge >= 0.3 is 0 Å². The van der Waals surface area contributed by atoms with Crippen molar-refractivity contribution in [2.45, 2.75) is 11.5 Å². The molecule has 2 amide bonds. The molecule has 0 unspecified atom stereocenters. The monoisotopic (exact) mass is 581 g/mol. The molecule has 2 N–H and O–H groups in total. The number of para-hydroxylation sites is 1. The Morgan fingerprint density at radius 2 is 1.80 bits per heavy atom. The maximum Gasteiger partial charge on any atom is 0.267 e. The molecular formula is C29H31N3O6S2. The summed E-state index contributed by atoms with van der Waals surface area (Å²) >= 11 is 6.88. The highest BCUT2D eigenvalue weighted by molar-refractivity contribution is 8.22. The van der Waals surface area contributed by atoms with E-state index in [0.717, 1.165) is 18.7 Å². The summed E-state index contributed by atoms with van der Waals surface area (Å²) in [6, 6.07) is 17.8. The molecular weight excluding hydrogens is 550 g/mol. The van der Waals surface area contributed by atoms with Crippen LogP contribution < -0.4 is 20.1 Å². The number of nitrogens with one attached hydrogen (secondary N) is 2. The number of ether oxygens (including phenoxy) is 3. The van der Waals surface area contributed by atoms with E-state index in [9.17, 15) is 9.59 Å². The van der Waals surface area contributed by atoms with Crippen LogP contribution >= 0.6 is 24.0 Å². The van der Waals surface area contributed by atoms with E-state index in [1.807, 2.05) is 24.3 Å². The van der Waals surface area contributed by atoms with Gasteiger partial charge < -0.3 is 34.2 Å². The van der Waals surface area contributed by atoms with Gasteiger partial charge in [-0.2, -0.15) is 0 Å². The zero-order valence-electron chi connectivity index (χ0n) is 22.3. The number of furan rings is 1. The average molecular weight is 582 g/mol. The number of rotatable bonds is 10. The number of benzene rings is 2. The predicted octanol–water partition coefficient (Wildman–Crippen LogP) is 4.14. The first-order valence-electron chi connectivity index (χ1n) is 12.7. The van der Waals surface area contributed by atoms with E-state index >= 15 is 0 Å². The van der Waals surface area contributed by atoms with Crippen molar-refractivity contribution >= 4 is 46.2 Å². The van der Waals surface area contributed by atoms with E-state index in [1.165, 1.54) is 17.8 Å². The first kappa shape index (κ1) is 29.2. The molecule has 9 nitrogen and oxygen atoms in total. The summed E-state index contributed by atoms with van der Waals surface area (Å²) in [5.74, 6) is 0.761. The van der Waals surface area contributed by atoms with E-state index in [4.69, 9.17) is 30.8 Å². The highest BCUT2D eigenvalue weighted by Gasteiger charge is 2.18. The van der Waals surface area contributed by atoms with E-state index in [2.05, 4.69) is 15.5 Å². The maximum atomic E-state index is 13.2. The van der Waals surface area contributed by atoms with E-state index in [-0.39, 0.29) is 5.70 Å². The third-order valence-corrected chi connectivity index (χ3v) is 7.40. The summed E-state index contributed by atoms with van der Waals surface area (Å²) in [5.41, 5.74) is 1.35. The largest absolute Gasteiger partial charge is 0.493 e. The Kier molecular flexibility index (Phi) is 10.6. The molecule has 11 heteroatoms. The molecule has 1 fully saturated rings. The molecule has 3 aromatic rings. The lowest BCUT2D eigenvalue weighted by atomic mass is 10.1. The molecule has 1 aromatic heterocycles. The Bertz CT molecular complexity index is 1350. The molecule has 0 bridgehead atoms. The zero-order valence-corrected chi connectivity index (χ0v) is 23.9. The third-order valence-electron chi connectivity index (χ3n) is 6.04. The van der Waals surface area contributed by atoms with Gasteiger partial charge in [0.05, 0.1) is 27.4 Å². The van der Waals surface area contributed by atoms with Crippen molar-refractivity contribution in [1.29, 1.82) is 0 Å². The van der Waals surface area contributed by atoms with Gasteiger partial charge in [-0.3, -0.25) is 9.59 Å². The highest BCUT2D eigenvalue weighted by atomic mass is 32.2. The molecule has 210 valence electrons. The number of nitrogens with zero attached hydrogens (tertiary/aromatic N) is 1. The van der Waals surface area contributed by atoms with Crippen molar-refractivity contribution in [2.24, 2.45) is 0 Å². The minimum absolute atomic E-state index is 0.0492. The Labute approximate surface area is 242 Å². The maximum absolute atomic E-state index is 13.2. The topological polar surface area (TPSA) is 102 Å². The van der Waals surface area contributed by atoms with Crippen LogP contribution in [0.15, 0.2) is 75.9 Å². The smallest absolute Gasteiger partial charge is 0.267 e. The van der Waals surface area contributed by atoms with E-state index in [1.54, 1.807) is 50.6 Å². The Balaban J connectivity index is 1.47. The first-order chi connectivity index (χ1) is 19.5. The van der Waals surface area contributed by atoms with Crippen LogP contribution in [0.1, 0.15) is 21.7 Å². The molecule has 40 heavy (non-hydrogen) atoms. The number of carbonyl (C=O) groups excluding carboxylic acids is 2. The van der Waals surface area contributed by atoms with Crippen LogP contribution in [0.3, 0.4) is 0 Å². The zero-order chi connectivity index (χ0) is 28.3. The van der Waals surface area contributed by atoms with Crippen LogP contribution in [0.4, 0.5) is 0 Å². The second-order valence-corrected chi connectivity index (χ2v) is 10.3. The lowest BCUT2D eigenvalue weighted by Crippen LogP contribution is -2.38. The summed E-state index contributed by atoms with van der Waals surface area (Å²) in [4.78, 5) is 28.2. The van der Waals surface area contributed by atoms with Crippen LogP contribution in [0.25, 0.3) is 6.08 Å². The summed E-state index contributed by atoms with van der Waals surface area (Å²) in [7, 11) is 3.15. The number of morpholine rings is 1. The molecule has 2 aromatic carbocycles. The fourth-order valence-electron chi connectivity index (χ4n) is 4.00. The van der Waals surface area contributed by atoms with Gasteiger partial charge in [-0.1, -0.05) is 42.5 Å². The Hall–Kier alpha value is -3.80. The Morgan fingerprint density at radius 3 is 2.52 bits per heavy atom. The third kappa shape index (κ3) is 7.87. The molecule has 1 saturated heterocycles. The quantitative estimate of drug-likeness (QED) is 0.208. The van der Waals surface area contributed by atoms with E-state index < -0.39 is 11.8 Å². The molecule has 0 saturated carbocycles. The van der Waals surface area contributed by atoms with Crippen LogP contribution in [-0.4, -0.2) is 68.1 Å². The summed E-state index contributed by atoms with van der Waals surface area (Å²) in [6.07, 6.45) is 2.00. The van der Waals surface area contributed by atoms with Gasteiger partial charge in [0, 0.05) is 31.3 Å². The van der Waals surface area contributed by atoms with Gasteiger partial charge in [0.25, 0.3) is 11.8 Å². The summed E-state index contributed by atoms with van der Waals surface area (Å²) < 4.78 is 22.8. The van der Waals surface area contributed by atoms with Crippen molar-refractivity contribution in [3.63, 3.8) is 0 Å². The van der Waals surface area contributed by atoms with Gasteiger partial charge in [0.15, 0.2) is 16.6 Å². The Morgan fingerprint density at radius 1 is 1.02 bits per heavy atom. The molecule has 4 rings (SSSR count). The summed E-state index contributed by atoms with van der Waals surface area (Å²) in [6.45, 7) is 3.04. The fourth-order valence-corrected chi connectivity index (χ4v) is 5.19. The predicted molar refractivity (Wildman–Crippen MR) is 158 cm³/mol. The van der Waals surface area contributed by atoms with Crippen molar-refractivity contribution in [2.75, 3.05) is 47.1 Å². The van der Waals surface area contributed by atoms with Gasteiger partial charge in [-0.25, -0.2) is 0 Å². The molecule has 0 radical (unpaired) electrons. The fraction of sp³-hybridized carbons (Fsp3) is 0.276. The van der Waals surface area contributed by atoms with Gasteiger partial charge in [0.2, 0.25) is 0 Å². The molecule has 2 heterocycles. The minimum Gasteiger partial charge on any atom is -0.493 e. The number of amides is 2. The standard InChI is InChI=1S/C29H31N3O6S2/c1-35-24-10-6-9-20(26(24)36-2)13-14-30-28(34)23(31-27(33)21-7-4-3-5-8-21)19-22-11-12-25(38-22)40-29(39)32-15-17-37-18-16-32/h3-12,19H,13-18H2,1-2H3,(H,30,34)(H,31,33)/b23-19-. The normalized spacial score (nSPS) is 13.4. The van der Waals surface area contributed by atoms with Gasteiger partial charge in [0.1, 0.15) is 15.8 Å². The highest BCUT2D eigenvalue weighted by Crippen LogP contribution is 2.31. The number of hydrogen-bond acceptors (Lipinski definition) is 8. The van der Waals surface area contributed by atoms with Crippen molar-refractivity contribution in [3.05, 3.63) is 83.2 Å². The number of thiocarbonyl (C=S) groups is 1. The van der Waals surface area contributed by atoms with Crippen molar-refractivity contribution < 1.29 is 28.2 Å². The lowest BCUT2D eigenvalue weighted by Gasteiger charge is -2.28. The number of methoxy groups -OCH3 is 2.